The molecule has 3 aliphatic rings. The second-order valence-electron chi connectivity index (χ2n) is 7.71. The Morgan fingerprint density at radius 2 is 1.75 bits per heavy atom. The van der Waals surface area contributed by atoms with Gasteiger partial charge in [0.05, 0.1) is 0 Å². The lowest BCUT2D eigenvalue weighted by Gasteiger charge is -2.37. The number of Topliss-reactive ketones (excluding diaryl/α,β-unsaturated/α-hetero) is 1. The van der Waals surface area contributed by atoms with Crippen molar-refractivity contribution in [2.45, 2.75) is 75.3 Å². The third kappa shape index (κ3) is 2.09. The van der Waals surface area contributed by atoms with Crippen molar-refractivity contribution in [1.29, 1.82) is 0 Å². The first kappa shape index (κ1) is 14.7. The lowest BCUT2D eigenvalue weighted by molar-refractivity contribution is -0.122. The predicted molar refractivity (Wildman–Crippen MR) is 75.0 cm³/mol. The number of hydrogen-bond donors (Lipinski definition) is 1. The maximum Gasteiger partial charge on any atom is 0.195 e. The maximum absolute atomic E-state index is 11.7. The van der Waals surface area contributed by atoms with Crippen molar-refractivity contribution in [3.63, 3.8) is 0 Å². The van der Waals surface area contributed by atoms with Gasteiger partial charge in [-0.3, -0.25) is 4.79 Å². The van der Waals surface area contributed by atoms with Crippen LogP contribution in [0.5, 0.6) is 0 Å². The van der Waals surface area contributed by atoms with Crippen LogP contribution in [0.3, 0.4) is 0 Å². The van der Waals surface area contributed by atoms with E-state index < -0.39 is 26.1 Å². The first-order valence-electron chi connectivity index (χ1n) is 7.29. The lowest BCUT2D eigenvalue weighted by atomic mass is 9.82. The van der Waals surface area contributed by atoms with Crippen molar-refractivity contribution < 1.29 is 23.8 Å². The number of ether oxygens (including phenoxy) is 2. The largest absolute Gasteiger partial charge is 0.417 e. The van der Waals surface area contributed by atoms with E-state index in [1.54, 1.807) is 0 Å². The van der Waals surface area contributed by atoms with Crippen LogP contribution in [0.1, 0.15) is 27.2 Å². The van der Waals surface area contributed by atoms with Gasteiger partial charge in [-0.25, -0.2) is 0 Å². The van der Waals surface area contributed by atoms with E-state index in [-0.39, 0.29) is 23.0 Å². The summed E-state index contributed by atoms with van der Waals surface area (Å²) >= 11 is 0. The summed E-state index contributed by atoms with van der Waals surface area (Å²) in [7, 11) is -1.81. The van der Waals surface area contributed by atoms with Crippen LogP contribution in [0, 0.1) is 0 Å². The van der Waals surface area contributed by atoms with Crippen molar-refractivity contribution in [3.05, 3.63) is 0 Å². The molecule has 2 heterocycles. The normalized spacial score (nSPS) is 43.0. The molecule has 0 bridgehead atoms. The summed E-state index contributed by atoms with van der Waals surface area (Å²) < 4.78 is 16.8. The molecule has 3 fully saturated rings. The van der Waals surface area contributed by atoms with Crippen LogP contribution < -0.4 is 0 Å². The summed E-state index contributed by atoms with van der Waals surface area (Å²) in [5.74, 6) is -0.00464. The minimum atomic E-state index is -1.81. The van der Waals surface area contributed by atoms with Crippen molar-refractivity contribution in [2.24, 2.45) is 0 Å². The Hall–Kier alpha value is -0.273. The molecule has 1 saturated carbocycles. The number of rotatable bonds is 4. The second kappa shape index (κ2) is 4.13. The van der Waals surface area contributed by atoms with Crippen LogP contribution in [0.4, 0.5) is 0 Å². The number of ketones is 1. The first-order chi connectivity index (χ1) is 9.08. The summed E-state index contributed by atoms with van der Waals surface area (Å²) in [6, 6.07) is 0. The van der Waals surface area contributed by atoms with E-state index >= 15 is 0 Å². The molecule has 0 amide bonds. The van der Waals surface area contributed by atoms with E-state index in [4.69, 9.17) is 13.9 Å². The van der Waals surface area contributed by atoms with Gasteiger partial charge in [0.1, 0.15) is 30.0 Å². The molecular weight excluding hydrogens is 276 g/mol. The molecular formula is C14H24O5Si. The molecule has 0 aromatic carbocycles. The van der Waals surface area contributed by atoms with Crippen molar-refractivity contribution in [3.8, 4) is 0 Å². The third-order valence-electron chi connectivity index (χ3n) is 5.30. The Morgan fingerprint density at radius 3 is 2.20 bits per heavy atom. The van der Waals surface area contributed by atoms with E-state index in [1.807, 2.05) is 0 Å². The molecule has 5 atom stereocenters. The van der Waals surface area contributed by atoms with Gasteiger partial charge < -0.3 is 19.0 Å². The molecule has 0 aromatic heterocycles. The highest BCUT2D eigenvalue weighted by Gasteiger charge is 2.75. The molecule has 1 aliphatic carbocycles. The quantitative estimate of drug-likeness (QED) is 0.625. The number of hydrogen-bond acceptors (Lipinski definition) is 5. The summed E-state index contributed by atoms with van der Waals surface area (Å²) in [6.45, 7) is 11.4. The highest BCUT2D eigenvalue weighted by atomic mass is 28.4. The molecule has 20 heavy (non-hydrogen) atoms. The minimum absolute atomic E-state index is 0.00464. The molecule has 1 unspecified atom stereocenters. The highest BCUT2D eigenvalue weighted by molar-refractivity contribution is 6.74. The second-order valence-corrected chi connectivity index (χ2v) is 12.5. The van der Waals surface area contributed by atoms with Gasteiger partial charge in [0.2, 0.25) is 0 Å². The number of aliphatic hydroxyl groups is 1. The fraction of sp³-hybridized carbons (Fsp3) is 0.929. The van der Waals surface area contributed by atoms with Crippen molar-refractivity contribution in [2.75, 3.05) is 6.61 Å². The maximum atomic E-state index is 11.7. The fourth-order valence-corrected chi connectivity index (χ4v) is 3.76. The van der Waals surface area contributed by atoms with Crippen LogP contribution in [0.2, 0.25) is 18.1 Å². The highest BCUT2D eigenvalue weighted by Crippen LogP contribution is 2.52. The monoisotopic (exact) mass is 300 g/mol. The summed E-state index contributed by atoms with van der Waals surface area (Å²) in [4.78, 5) is 11.7. The molecule has 2 aliphatic heterocycles. The lowest BCUT2D eigenvalue weighted by Crippen LogP contribution is -2.50. The Bertz CT molecular complexity index is 421. The Kier molecular flexibility index (Phi) is 3.03. The zero-order chi connectivity index (χ0) is 14.9. The van der Waals surface area contributed by atoms with Crippen molar-refractivity contribution in [1.82, 2.24) is 0 Å². The van der Waals surface area contributed by atoms with Crippen LogP contribution in [-0.4, -0.2) is 55.8 Å². The van der Waals surface area contributed by atoms with Gasteiger partial charge in [-0.05, 0) is 18.1 Å². The van der Waals surface area contributed by atoms with E-state index in [2.05, 4.69) is 33.9 Å². The van der Waals surface area contributed by atoms with E-state index in [0.717, 1.165) is 0 Å². The SMILES string of the molecule is CC(C)(C)[Si](C)(C)OCCC1(O)[C@@H]2O[C@@H]2C(=O)[C@@H]2O[C@@H]21. The molecule has 3 rings (SSSR count). The first-order valence-corrected chi connectivity index (χ1v) is 10.2. The standard InChI is InChI=1S/C14H24O5Si/c1-13(2,3)20(4,5)17-7-6-14(16)11-9(18-11)8(15)10-12(14)19-10/h9-12,16H,6-7H2,1-5H3/t9-,10+,11-,12+,14?. The average molecular weight is 300 g/mol. The number of epoxide rings is 2. The van der Waals surface area contributed by atoms with Gasteiger partial charge in [0.15, 0.2) is 14.1 Å². The molecule has 2 saturated heterocycles. The van der Waals surface area contributed by atoms with Crippen LogP contribution in [0.15, 0.2) is 0 Å². The van der Waals surface area contributed by atoms with E-state index in [1.165, 1.54) is 0 Å². The number of fused-ring (bicyclic) bond motifs is 2. The van der Waals surface area contributed by atoms with Gasteiger partial charge in [0.25, 0.3) is 0 Å². The van der Waals surface area contributed by atoms with Crippen LogP contribution >= 0.6 is 0 Å². The van der Waals surface area contributed by atoms with Gasteiger partial charge in [-0.15, -0.1) is 0 Å². The summed E-state index contributed by atoms with van der Waals surface area (Å²) in [5, 5.41) is 10.9. The van der Waals surface area contributed by atoms with E-state index in [0.29, 0.717) is 13.0 Å². The van der Waals surface area contributed by atoms with Crippen LogP contribution in [0.25, 0.3) is 0 Å². The topological polar surface area (TPSA) is 71.6 Å². The minimum Gasteiger partial charge on any atom is -0.417 e. The molecule has 5 nitrogen and oxygen atoms in total. The molecule has 0 aromatic rings. The summed E-state index contributed by atoms with van der Waals surface area (Å²) in [5.41, 5.74) is -1.05. The molecule has 0 spiro atoms. The molecule has 114 valence electrons. The Labute approximate surface area is 120 Å². The van der Waals surface area contributed by atoms with Crippen molar-refractivity contribution >= 4 is 14.1 Å². The van der Waals surface area contributed by atoms with Gasteiger partial charge in [-0.1, -0.05) is 20.8 Å². The van der Waals surface area contributed by atoms with E-state index in [9.17, 15) is 9.90 Å². The number of carbonyl (C=O) groups excluding carboxylic acids is 1. The predicted octanol–water partition coefficient (Wildman–Crippen LogP) is 1.25. The van der Waals surface area contributed by atoms with Crippen LogP contribution in [-0.2, 0) is 18.7 Å². The Morgan fingerprint density at radius 1 is 1.25 bits per heavy atom. The average Bonchev–Trinajstić information content (AvgIpc) is 3.16. The summed E-state index contributed by atoms with van der Waals surface area (Å²) in [6.07, 6.45) is -1.20. The molecule has 1 N–H and O–H groups in total. The Balaban J connectivity index is 1.59. The third-order valence-corrected chi connectivity index (χ3v) is 9.84. The number of carbonyl (C=O) groups is 1. The zero-order valence-electron chi connectivity index (χ0n) is 12.8. The smallest absolute Gasteiger partial charge is 0.195 e. The van der Waals surface area contributed by atoms with Gasteiger partial charge in [-0.2, -0.15) is 0 Å². The molecule has 6 heteroatoms. The van der Waals surface area contributed by atoms with Gasteiger partial charge in [0, 0.05) is 13.0 Å². The molecule has 0 radical (unpaired) electrons. The zero-order valence-corrected chi connectivity index (χ0v) is 13.8. The fourth-order valence-electron chi connectivity index (χ4n) is 2.71. The van der Waals surface area contributed by atoms with Gasteiger partial charge >= 0.3 is 0 Å².